The number of fused-ring (bicyclic) bond motifs is 3. The molecule has 0 spiro atoms. The van der Waals surface area contributed by atoms with Crippen LogP contribution in [-0.2, 0) is 14.3 Å². The molecule has 4 rings (SSSR count). The van der Waals surface area contributed by atoms with Crippen molar-refractivity contribution >= 4 is 18.2 Å². The third-order valence-corrected chi connectivity index (χ3v) is 6.53. The van der Waals surface area contributed by atoms with Crippen molar-refractivity contribution in [2.45, 2.75) is 57.7 Å². The van der Waals surface area contributed by atoms with Gasteiger partial charge in [-0.2, -0.15) is 0 Å². The van der Waals surface area contributed by atoms with Crippen LogP contribution in [-0.4, -0.2) is 70.4 Å². The minimum Gasteiger partial charge on any atom is -0.480 e. The highest BCUT2D eigenvalue weighted by molar-refractivity contribution is 5.81. The van der Waals surface area contributed by atoms with Crippen molar-refractivity contribution in [3.05, 3.63) is 59.7 Å². The number of aliphatic carboxylic acids is 1. The molecule has 0 radical (unpaired) electrons. The van der Waals surface area contributed by atoms with Crippen molar-refractivity contribution in [1.29, 1.82) is 0 Å². The predicted molar refractivity (Wildman–Crippen MR) is 130 cm³/mol. The molecule has 0 bridgehead atoms. The van der Waals surface area contributed by atoms with Gasteiger partial charge in [-0.05, 0) is 56.4 Å². The highest BCUT2D eigenvalue weighted by atomic mass is 16.6. The zero-order chi connectivity index (χ0) is 25.3. The van der Waals surface area contributed by atoms with Gasteiger partial charge in [0.25, 0.3) is 0 Å². The minimum absolute atomic E-state index is 0.0954. The Morgan fingerprint density at radius 1 is 1.06 bits per heavy atom. The summed E-state index contributed by atoms with van der Waals surface area (Å²) in [6.45, 7) is 7.48. The molecule has 35 heavy (non-hydrogen) atoms. The minimum atomic E-state index is -1.13. The molecule has 1 fully saturated rings. The Morgan fingerprint density at radius 2 is 1.63 bits per heavy atom. The SMILES string of the molecule is C[C@@H](C(=O)O)N(C(=O)OCC1c2ccccc2-c2ccccc21)C1CCN(C(=O)OC(C)(C)C)C1. The Labute approximate surface area is 205 Å². The molecule has 2 aliphatic rings. The molecular weight excluding hydrogens is 448 g/mol. The van der Waals surface area contributed by atoms with Crippen molar-refractivity contribution in [2.75, 3.05) is 19.7 Å². The zero-order valence-corrected chi connectivity index (χ0v) is 20.6. The summed E-state index contributed by atoms with van der Waals surface area (Å²) in [6.07, 6.45) is -0.727. The van der Waals surface area contributed by atoms with Gasteiger partial charge in [-0.3, -0.25) is 4.90 Å². The van der Waals surface area contributed by atoms with Crippen molar-refractivity contribution in [3.8, 4) is 11.1 Å². The maximum atomic E-state index is 13.3. The molecule has 0 aromatic heterocycles. The molecule has 1 N–H and O–H groups in total. The second-order valence-corrected chi connectivity index (χ2v) is 10.1. The number of amides is 2. The molecule has 1 unspecified atom stereocenters. The maximum absolute atomic E-state index is 13.3. The average Bonchev–Trinajstić information content (AvgIpc) is 3.40. The zero-order valence-electron chi connectivity index (χ0n) is 20.6. The van der Waals surface area contributed by atoms with E-state index in [4.69, 9.17) is 9.47 Å². The standard InChI is InChI=1S/C27H32N2O6/c1-17(24(30)31)29(18-13-14-28(15-18)25(32)35-27(2,3)4)26(33)34-16-23-21-11-7-5-9-19(21)20-10-6-8-12-22(20)23/h5-12,17-18,23H,13-16H2,1-4H3,(H,30,31)/t17-,18?/m0/s1. The monoisotopic (exact) mass is 480 g/mol. The molecule has 1 saturated heterocycles. The first-order chi connectivity index (χ1) is 16.6. The van der Waals surface area contributed by atoms with Crippen molar-refractivity contribution in [1.82, 2.24) is 9.80 Å². The average molecular weight is 481 g/mol. The van der Waals surface area contributed by atoms with Gasteiger partial charge in [-0.1, -0.05) is 48.5 Å². The first kappa shape index (κ1) is 24.6. The normalized spacial score (nSPS) is 17.9. The van der Waals surface area contributed by atoms with Crippen LogP contribution in [0.5, 0.6) is 0 Å². The number of rotatable bonds is 5. The van der Waals surface area contributed by atoms with Crippen LogP contribution in [0.1, 0.15) is 51.2 Å². The summed E-state index contributed by atoms with van der Waals surface area (Å²) >= 11 is 0. The van der Waals surface area contributed by atoms with Crippen LogP contribution in [0, 0.1) is 0 Å². The first-order valence-corrected chi connectivity index (χ1v) is 11.9. The van der Waals surface area contributed by atoms with E-state index in [0.29, 0.717) is 13.0 Å². The fourth-order valence-electron chi connectivity index (χ4n) is 4.87. The van der Waals surface area contributed by atoms with Crippen molar-refractivity contribution in [3.63, 3.8) is 0 Å². The van der Waals surface area contributed by atoms with Crippen molar-refractivity contribution in [2.24, 2.45) is 0 Å². The van der Waals surface area contributed by atoms with Crippen LogP contribution >= 0.6 is 0 Å². The lowest BCUT2D eigenvalue weighted by molar-refractivity contribution is -0.142. The quantitative estimate of drug-likeness (QED) is 0.665. The van der Waals surface area contributed by atoms with Gasteiger partial charge >= 0.3 is 18.2 Å². The lowest BCUT2D eigenvalue weighted by Gasteiger charge is -2.32. The number of carbonyl (C=O) groups is 3. The lowest BCUT2D eigenvalue weighted by atomic mass is 9.98. The molecule has 1 heterocycles. The molecular formula is C27H32N2O6. The summed E-state index contributed by atoms with van der Waals surface area (Å²) in [5.41, 5.74) is 3.75. The molecule has 1 aliphatic carbocycles. The Balaban J connectivity index is 1.49. The second kappa shape index (κ2) is 9.60. The number of carboxylic acid groups (broad SMARTS) is 1. The molecule has 2 aromatic carbocycles. The Kier molecular flexibility index (Phi) is 6.74. The summed E-state index contributed by atoms with van der Waals surface area (Å²) in [5.74, 6) is -1.26. The third kappa shape index (κ3) is 5.11. The number of benzene rings is 2. The fraction of sp³-hybridized carbons (Fsp3) is 0.444. The van der Waals surface area contributed by atoms with Crippen LogP contribution in [0.2, 0.25) is 0 Å². The molecule has 1 aliphatic heterocycles. The van der Waals surface area contributed by atoms with E-state index < -0.39 is 35.8 Å². The van der Waals surface area contributed by atoms with Crippen molar-refractivity contribution < 1.29 is 29.0 Å². The van der Waals surface area contributed by atoms with E-state index in [2.05, 4.69) is 12.1 Å². The second-order valence-electron chi connectivity index (χ2n) is 10.1. The fourth-order valence-corrected chi connectivity index (χ4v) is 4.87. The van der Waals surface area contributed by atoms with Gasteiger partial charge in [0.05, 0.1) is 6.04 Å². The smallest absolute Gasteiger partial charge is 0.410 e. The van der Waals surface area contributed by atoms with Crippen LogP contribution in [0.25, 0.3) is 11.1 Å². The molecule has 8 heteroatoms. The number of ether oxygens (including phenoxy) is 2. The number of likely N-dealkylation sites (tertiary alicyclic amines) is 1. The Bertz CT molecular complexity index is 1080. The highest BCUT2D eigenvalue weighted by Crippen LogP contribution is 2.44. The van der Waals surface area contributed by atoms with Crippen LogP contribution in [0.4, 0.5) is 9.59 Å². The van der Waals surface area contributed by atoms with E-state index in [-0.39, 0.29) is 19.1 Å². The molecule has 0 saturated carbocycles. The van der Waals surface area contributed by atoms with Gasteiger partial charge in [-0.25, -0.2) is 14.4 Å². The number of carboxylic acids is 1. The van der Waals surface area contributed by atoms with Gasteiger partial charge < -0.3 is 19.5 Å². The highest BCUT2D eigenvalue weighted by Gasteiger charge is 2.40. The number of hydrogen-bond donors (Lipinski definition) is 1. The van der Waals surface area contributed by atoms with E-state index in [1.165, 1.54) is 16.7 Å². The van der Waals surface area contributed by atoms with Crippen LogP contribution < -0.4 is 0 Å². The van der Waals surface area contributed by atoms with Gasteiger partial charge in [0.2, 0.25) is 0 Å². The summed E-state index contributed by atoms with van der Waals surface area (Å²) in [4.78, 5) is 40.4. The van der Waals surface area contributed by atoms with E-state index in [0.717, 1.165) is 22.3 Å². The van der Waals surface area contributed by atoms with E-state index in [1.807, 2.05) is 36.4 Å². The van der Waals surface area contributed by atoms with Gasteiger partial charge in [0, 0.05) is 19.0 Å². The molecule has 2 amide bonds. The Hall–Kier alpha value is -3.55. The third-order valence-electron chi connectivity index (χ3n) is 6.53. The van der Waals surface area contributed by atoms with Gasteiger partial charge in [0.15, 0.2) is 0 Å². The molecule has 2 atom stereocenters. The topological polar surface area (TPSA) is 96.4 Å². The first-order valence-electron chi connectivity index (χ1n) is 11.9. The maximum Gasteiger partial charge on any atom is 0.410 e. The van der Waals surface area contributed by atoms with E-state index in [1.54, 1.807) is 20.8 Å². The largest absolute Gasteiger partial charge is 0.480 e. The number of carbonyl (C=O) groups excluding carboxylic acids is 2. The van der Waals surface area contributed by atoms with Crippen LogP contribution in [0.15, 0.2) is 48.5 Å². The molecule has 8 nitrogen and oxygen atoms in total. The molecule has 186 valence electrons. The number of hydrogen-bond acceptors (Lipinski definition) is 5. The van der Waals surface area contributed by atoms with Gasteiger partial charge in [0.1, 0.15) is 18.2 Å². The van der Waals surface area contributed by atoms with E-state index >= 15 is 0 Å². The summed E-state index contributed by atoms with van der Waals surface area (Å²) in [7, 11) is 0. The molecule has 2 aromatic rings. The summed E-state index contributed by atoms with van der Waals surface area (Å²) in [6, 6.07) is 14.5. The lowest BCUT2D eigenvalue weighted by Crippen LogP contribution is -2.51. The predicted octanol–water partition coefficient (Wildman–Crippen LogP) is 4.72. The summed E-state index contributed by atoms with van der Waals surface area (Å²) < 4.78 is 11.2. The van der Waals surface area contributed by atoms with E-state index in [9.17, 15) is 19.5 Å². The van der Waals surface area contributed by atoms with Crippen LogP contribution in [0.3, 0.4) is 0 Å². The summed E-state index contributed by atoms with van der Waals surface area (Å²) in [5, 5.41) is 9.67. The Morgan fingerprint density at radius 3 is 2.17 bits per heavy atom. The van der Waals surface area contributed by atoms with Gasteiger partial charge in [-0.15, -0.1) is 0 Å². The number of nitrogens with zero attached hydrogens (tertiary/aromatic N) is 2.